The summed E-state index contributed by atoms with van der Waals surface area (Å²) in [5.41, 5.74) is 7.18. The van der Waals surface area contributed by atoms with Gasteiger partial charge in [-0.25, -0.2) is 4.98 Å². The van der Waals surface area contributed by atoms with Crippen LogP contribution in [0.5, 0.6) is 5.75 Å². The molecular formula is C18H25N3O2S. The van der Waals surface area contributed by atoms with Gasteiger partial charge in [-0.2, -0.15) is 0 Å². The molecule has 2 rings (SSSR count). The third kappa shape index (κ3) is 5.62. The zero-order valence-electron chi connectivity index (χ0n) is 14.2. The molecule has 5 nitrogen and oxygen atoms in total. The van der Waals surface area contributed by atoms with E-state index in [1.807, 2.05) is 29.6 Å². The van der Waals surface area contributed by atoms with Crippen LogP contribution in [0.25, 0.3) is 11.3 Å². The van der Waals surface area contributed by atoms with Gasteiger partial charge in [-0.3, -0.25) is 4.79 Å². The maximum atomic E-state index is 11.8. The van der Waals surface area contributed by atoms with Gasteiger partial charge in [0.1, 0.15) is 5.75 Å². The van der Waals surface area contributed by atoms with E-state index in [1.54, 1.807) is 0 Å². The Hall–Kier alpha value is -1.92. The predicted octanol–water partition coefficient (Wildman–Crippen LogP) is 3.91. The van der Waals surface area contributed by atoms with Gasteiger partial charge in [-0.1, -0.05) is 26.0 Å². The van der Waals surface area contributed by atoms with Crippen LogP contribution in [0.2, 0.25) is 0 Å². The monoisotopic (exact) mass is 347 g/mol. The molecule has 0 saturated heterocycles. The van der Waals surface area contributed by atoms with Crippen LogP contribution in [0.15, 0.2) is 29.6 Å². The lowest BCUT2D eigenvalue weighted by Gasteiger charge is -2.11. The number of hydrogen-bond acceptors (Lipinski definition) is 5. The zero-order valence-corrected chi connectivity index (χ0v) is 15.1. The Morgan fingerprint density at radius 3 is 2.92 bits per heavy atom. The minimum atomic E-state index is -0.0529. The lowest BCUT2D eigenvalue weighted by Crippen LogP contribution is -2.13. The van der Waals surface area contributed by atoms with Crippen molar-refractivity contribution in [2.45, 2.75) is 33.1 Å². The summed E-state index contributed by atoms with van der Waals surface area (Å²) in [5, 5.41) is 5.35. The number of para-hydroxylation sites is 1. The first-order valence-electron chi connectivity index (χ1n) is 8.27. The number of amides is 1. The predicted molar refractivity (Wildman–Crippen MR) is 99.4 cm³/mol. The van der Waals surface area contributed by atoms with Crippen molar-refractivity contribution in [1.29, 1.82) is 0 Å². The number of nitrogens with zero attached hydrogens (tertiary/aromatic N) is 1. The largest absolute Gasteiger partial charge is 0.493 e. The number of benzene rings is 1. The van der Waals surface area contributed by atoms with Crippen molar-refractivity contribution in [3.63, 3.8) is 0 Å². The second-order valence-corrected chi connectivity index (χ2v) is 6.86. The summed E-state index contributed by atoms with van der Waals surface area (Å²) < 4.78 is 5.91. The Balaban J connectivity index is 2.05. The van der Waals surface area contributed by atoms with Gasteiger partial charge in [0.05, 0.1) is 12.3 Å². The summed E-state index contributed by atoms with van der Waals surface area (Å²) >= 11 is 1.41. The Bertz CT molecular complexity index is 655. The molecule has 0 bridgehead atoms. The molecule has 0 aliphatic rings. The van der Waals surface area contributed by atoms with Gasteiger partial charge in [-0.05, 0) is 37.4 Å². The van der Waals surface area contributed by atoms with E-state index in [-0.39, 0.29) is 5.91 Å². The standard InChI is InChI=1S/C18H25N3O2S/c1-13(2)9-11-23-16-7-4-3-6-14(16)15-12-24-18(20-15)21-17(22)8-5-10-19/h3-4,6-7,12-13H,5,8-11,19H2,1-2H3,(H,20,21,22). The van der Waals surface area contributed by atoms with E-state index < -0.39 is 0 Å². The second kappa shape index (κ2) is 9.39. The fourth-order valence-electron chi connectivity index (χ4n) is 2.11. The van der Waals surface area contributed by atoms with Crippen LogP contribution in [-0.2, 0) is 4.79 Å². The van der Waals surface area contributed by atoms with Gasteiger partial charge in [-0.15, -0.1) is 11.3 Å². The molecule has 3 N–H and O–H groups in total. The number of hydrogen-bond donors (Lipinski definition) is 2. The van der Waals surface area contributed by atoms with E-state index in [0.29, 0.717) is 37.0 Å². The number of ether oxygens (including phenoxy) is 1. The molecule has 130 valence electrons. The van der Waals surface area contributed by atoms with Crippen molar-refractivity contribution in [2.75, 3.05) is 18.5 Å². The van der Waals surface area contributed by atoms with Crippen LogP contribution >= 0.6 is 11.3 Å². The lowest BCUT2D eigenvalue weighted by atomic mass is 10.1. The van der Waals surface area contributed by atoms with E-state index in [4.69, 9.17) is 10.5 Å². The molecule has 0 aliphatic carbocycles. The number of nitrogens with one attached hydrogen (secondary N) is 1. The van der Waals surface area contributed by atoms with Crippen LogP contribution in [-0.4, -0.2) is 24.0 Å². The topological polar surface area (TPSA) is 77.2 Å². The number of nitrogens with two attached hydrogens (primary N) is 1. The van der Waals surface area contributed by atoms with E-state index in [1.165, 1.54) is 11.3 Å². The first-order valence-corrected chi connectivity index (χ1v) is 9.15. The highest BCUT2D eigenvalue weighted by atomic mass is 32.1. The Morgan fingerprint density at radius 1 is 1.38 bits per heavy atom. The van der Waals surface area contributed by atoms with Crippen molar-refractivity contribution in [3.8, 4) is 17.0 Å². The van der Waals surface area contributed by atoms with Crippen molar-refractivity contribution < 1.29 is 9.53 Å². The van der Waals surface area contributed by atoms with Crippen molar-refractivity contribution >= 4 is 22.4 Å². The summed E-state index contributed by atoms with van der Waals surface area (Å²) in [7, 11) is 0. The van der Waals surface area contributed by atoms with Gasteiger partial charge in [0.25, 0.3) is 0 Å². The molecule has 0 saturated carbocycles. The van der Waals surface area contributed by atoms with Crippen molar-refractivity contribution in [2.24, 2.45) is 11.7 Å². The Labute approximate surface area is 147 Å². The second-order valence-electron chi connectivity index (χ2n) is 6.01. The zero-order chi connectivity index (χ0) is 17.4. The average Bonchev–Trinajstić information content (AvgIpc) is 3.01. The molecule has 0 radical (unpaired) electrons. The molecule has 6 heteroatoms. The molecule has 0 spiro atoms. The molecule has 1 amide bonds. The summed E-state index contributed by atoms with van der Waals surface area (Å²) in [6, 6.07) is 7.86. The summed E-state index contributed by atoms with van der Waals surface area (Å²) in [4.78, 5) is 16.3. The number of rotatable bonds is 9. The smallest absolute Gasteiger partial charge is 0.226 e. The van der Waals surface area contributed by atoms with E-state index in [9.17, 15) is 4.79 Å². The van der Waals surface area contributed by atoms with Crippen LogP contribution in [0.4, 0.5) is 5.13 Å². The first-order chi connectivity index (χ1) is 11.6. The van der Waals surface area contributed by atoms with Crippen LogP contribution in [0, 0.1) is 5.92 Å². The van der Waals surface area contributed by atoms with E-state index in [2.05, 4.69) is 24.1 Å². The molecule has 0 fully saturated rings. The SMILES string of the molecule is CC(C)CCOc1ccccc1-c1csc(NC(=O)CCCN)n1. The third-order valence-electron chi connectivity index (χ3n) is 3.47. The number of thiazole rings is 1. The molecule has 0 atom stereocenters. The fraction of sp³-hybridized carbons (Fsp3) is 0.444. The number of aromatic nitrogens is 1. The quantitative estimate of drug-likeness (QED) is 0.721. The molecule has 1 heterocycles. The number of anilines is 1. The fourth-order valence-corrected chi connectivity index (χ4v) is 2.83. The highest BCUT2D eigenvalue weighted by Gasteiger charge is 2.11. The van der Waals surface area contributed by atoms with E-state index in [0.717, 1.165) is 23.4 Å². The Morgan fingerprint density at radius 2 is 2.17 bits per heavy atom. The third-order valence-corrected chi connectivity index (χ3v) is 4.23. The molecular weight excluding hydrogens is 322 g/mol. The highest BCUT2D eigenvalue weighted by molar-refractivity contribution is 7.14. The van der Waals surface area contributed by atoms with E-state index >= 15 is 0 Å². The summed E-state index contributed by atoms with van der Waals surface area (Å²) in [6.07, 6.45) is 2.10. The summed E-state index contributed by atoms with van der Waals surface area (Å²) in [5.74, 6) is 1.37. The van der Waals surface area contributed by atoms with Gasteiger partial charge < -0.3 is 15.8 Å². The van der Waals surface area contributed by atoms with Crippen LogP contribution < -0.4 is 15.8 Å². The normalized spacial score (nSPS) is 10.8. The molecule has 0 unspecified atom stereocenters. The van der Waals surface area contributed by atoms with Crippen LogP contribution in [0.1, 0.15) is 33.1 Å². The van der Waals surface area contributed by atoms with Crippen LogP contribution in [0.3, 0.4) is 0 Å². The Kier molecular flexibility index (Phi) is 7.21. The lowest BCUT2D eigenvalue weighted by molar-refractivity contribution is -0.116. The first kappa shape index (κ1) is 18.4. The highest BCUT2D eigenvalue weighted by Crippen LogP contribution is 2.32. The molecule has 0 aliphatic heterocycles. The summed E-state index contributed by atoms with van der Waals surface area (Å²) in [6.45, 7) is 5.55. The van der Waals surface area contributed by atoms with Gasteiger partial charge in [0.2, 0.25) is 5.91 Å². The molecule has 24 heavy (non-hydrogen) atoms. The minimum absolute atomic E-state index is 0.0529. The number of carbonyl (C=O) groups excluding carboxylic acids is 1. The van der Waals surface area contributed by atoms with Gasteiger partial charge >= 0.3 is 0 Å². The average molecular weight is 347 g/mol. The molecule has 1 aromatic heterocycles. The van der Waals surface area contributed by atoms with Gasteiger partial charge in [0.15, 0.2) is 5.13 Å². The minimum Gasteiger partial charge on any atom is -0.493 e. The molecule has 1 aromatic carbocycles. The maximum Gasteiger partial charge on any atom is 0.226 e. The number of carbonyl (C=O) groups is 1. The molecule has 2 aromatic rings. The maximum absolute atomic E-state index is 11.8. The van der Waals surface area contributed by atoms with Crippen molar-refractivity contribution in [3.05, 3.63) is 29.6 Å². The van der Waals surface area contributed by atoms with Crippen molar-refractivity contribution in [1.82, 2.24) is 4.98 Å². The van der Waals surface area contributed by atoms with Gasteiger partial charge in [0, 0.05) is 17.4 Å².